The maximum atomic E-state index is 12.0. The van der Waals surface area contributed by atoms with Gasteiger partial charge in [-0.3, -0.25) is 14.6 Å². The van der Waals surface area contributed by atoms with E-state index >= 15 is 0 Å². The smallest absolute Gasteiger partial charge is 0.269 e. The van der Waals surface area contributed by atoms with Crippen LogP contribution in [0, 0.1) is 0 Å². The van der Waals surface area contributed by atoms with Gasteiger partial charge in [-0.15, -0.1) is 0 Å². The molecule has 1 aliphatic rings. The molecule has 2 rings (SSSR count). The van der Waals surface area contributed by atoms with Crippen molar-refractivity contribution < 1.29 is 0 Å². The molecule has 0 spiro atoms. The molecule has 0 radical (unpaired) electrons. The van der Waals surface area contributed by atoms with Crippen molar-refractivity contribution in [2.45, 2.75) is 50.9 Å². The summed E-state index contributed by atoms with van der Waals surface area (Å²) in [6.45, 7) is 0.651. The summed E-state index contributed by atoms with van der Waals surface area (Å²) in [5.41, 5.74) is 7.84. The van der Waals surface area contributed by atoms with Gasteiger partial charge in [-0.1, -0.05) is 19.3 Å². The Labute approximate surface area is 102 Å². The Morgan fingerprint density at radius 1 is 1.35 bits per heavy atom. The number of aromatic nitrogens is 2. The standard InChI is InChI=1S/C13H23N3O/c1-16-13(17)11(8-5-9-14)12(15-16)10-6-3-2-4-7-10/h10,15H,2-9,14H2,1H3. The van der Waals surface area contributed by atoms with Crippen molar-refractivity contribution in [1.29, 1.82) is 0 Å². The van der Waals surface area contributed by atoms with Gasteiger partial charge >= 0.3 is 0 Å². The summed E-state index contributed by atoms with van der Waals surface area (Å²) < 4.78 is 1.62. The van der Waals surface area contributed by atoms with E-state index in [1.54, 1.807) is 11.7 Å². The van der Waals surface area contributed by atoms with E-state index in [1.165, 1.54) is 37.8 Å². The van der Waals surface area contributed by atoms with Crippen LogP contribution in [0.1, 0.15) is 55.7 Å². The average molecular weight is 237 g/mol. The van der Waals surface area contributed by atoms with Crippen LogP contribution in [0.15, 0.2) is 4.79 Å². The molecule has 1 aromatic heterocycles. The van der Waals surface area contributed by atoms with Gasteiger partial charge in [-0.2, -0.15) is 0 Å². The lowest BCUT2D eigenvalue weighted by molar-refractivity contribution is 0.431. The van der Waals surface area contributed by atoms with E-state index in [4.69, 9.17) is 5.73 Å². The fraction of sp³-hybridized carbons (Fsp3) is 0.769. The highest BCUT2D eigenvalue weighted by Crippen LogP contribution is 2.32. The molecule has 0 atom stereocenters. The van der Waals surface area contributed by atoms with Crippen LogP contribution in [0.25, 0.3) is 0 Å². The number of aromatic amines is 1. The molecule has 0 aliphatic heterocycles. The molecule has 17 heavy (non-hydrogen) atoms. The molecule has 4 heteroatoms. The second-order valence-corrected chi connectivity index (χ2v) is 5.10. The second-order valence-electron chi connectivity index (χ2n) is 5.10. The van der Waals surface area contributed by atoms with Crippen LogP contribution in [0.3, 0.4) is 0 Å². The first-order valence-corrected chi connectivity index (χ1v) is 6.72. The monoisotopic (exact) mass is 237 g/mol. The van der Waals surface area contributed by atoms with E-state index in [0.717, 1.165) is 18.4 Å². The van der Waals surface area contributed by atoms with Gasteiger partial charge in [0, 0.05) is 24.2 Å². The summed E-state index contributed by atoms with van der Waals surface area (Å²) in [7, 11) is 1.81. The number of H-pyrrole nitrogens is 1. The predicted molar refractivity (Wildman–Crippen MR) is 69.2 cm³/mol. The number of hydrogen-bond acceptors (Lipinski definition) is 2. The van der Waals surface area contributed by atoms with Crippen molar-refractivity contribution in [3.8, 4) is 0 Å². The molecule has 1 heterocycles. The van der Waals surface area contributed by atoms with Crippen molar-refractivity contribution in [3.63, 3.8) is 0 Å². The Hall–Kier alpha value is -1.03. The van der Waals surface area contributed by atoms with Gasteiger partial charge in [0.1, 0.15) is 0 Å². The zero-order chi connectivity index (χ0) is 12.3. The first kappa shape index (κ1) is 12.4. The van der Waals surface area contributed by atoms with Crippen molar-refractivity contribution >= 4 is 0 Å². The number of nitrogens with zero attached hydrogens (tertiary/aromatic N) is 1. The Bertz CT molecular complexity index is 413. The van der Waals surface area contributed by atoms with Gasteiger partial charge in [0.05, 0.1) is 0 Å². The minimum Gasteiger partial charge on any atom is -0.330 e. The van der Waals surface area contributed by atoms with Crippen LogP contribution in [0.2, 0.25) is 0 Å². The fourth-order valence-corrected chi connectivity index (χ4v) is 2.87. The number of rotatable bonds is 4. The van der Waals surface area contributed by atoms with Crippen LogP contribution in [-0.2, 0) is 13.5 Å². The minimum absolute atomic E-state index is 0.138. The maximum Gasteiger partial charge on any atom is 0.269 e. The zero-order valence-corrected chi connectivity index (χ0v) is 10.7. The first-order valence-electron chi connectivity index (χ1n) is 6.72. The highest BCUT2D eigenvalue weighted by atomic mass is 16.1. The van der Waals surface area contributed by atoms with Crippen LogP contribution in [0.5, 0.6) is 0 Å². The average Bonchev–Trinajstić information content (AvgIpc) is 2.65. The van der Waals surface area contributed by atoms with Crippen molar-refractivity contribution in [1.82, 2.24) is 9.78 Å². The molecular formula is C13H23N3O. The molecule has 1 aliphatic carbocycles. The molecule has 0 bridgehead atoms. The van der Waals surface area contributed by atoms with Crippen LogP contribution >= 0.6 is 0 Å². The fourth-order valence-electron chi connectivity index (χ4n) is 2.87. The number of aryl methyl sites for hydroxylation is 1. The summed E-state index contributed by atoms with van der Waals surface area (Å²) in [5.74, 6) is 0.561. The highest BCUT2D eigenvalue weighted by molar-refractivity contribution is 5.22. The van der Waals surface area contributed by atoms with Gasteiger partial charge in [-0.25, -0.2) is 0 Å². The Morgan fingerprint density at radius 2 is 2.06 bits per heavy atom. The van der Waals surface area contributed by atoms with Crippen LogP contribution in [0.4, 0.5) is 0 Å². The summed E-state index contributed by atoms with van der Waals surface area (Å²) in [5, 5.41) is 3.25. The van der Waals surface area contributed by atoms with E-state index in [2.05, 4.69) is 5.10 Å². The molecule has 3 N–H and O–H groups in total. The highest BCUT2D eigenvalue weighted by Gasteiger charge is 2.22. The van der Waals surface area contributed by atoms with Crippen molar-refractivity contribution in [3.05, 3.63) is 21.6 Å². The van der Waals surface area contributed by atoms with E-state index in [1.807, 2.05) is 0 Å². The Balaban J connectivity index is 2.24. The summed E-state index contributed by atoms with van der Waals surface area (Å²) in [6.07, 6.45) is 8.07. The van der Waals surface area contributed by atoms with E-state index in [9.17, 15) is 4.79 Å². The SMILES string of the molecule is Cn1[nH]c(C2CCCCC2)c(CCCN)c1=O. The minimum atomic E-state index is 0.138. The van der Waals surface area contributed by atoms with Crippen LogP contribution < -0.4 is 11.3 Å². The van der Waals surface area contributed by atoms with Gasteiger partial charge in [0.25, 0.3) is 5.56 Å². The normalized spacial score (nSPS) is 17.5. The van der Waals surface area contributed by atoms with E-state index in [0.29, 0.717) is 12.5 Å². The lowest BCUT2D eigenvalue weighted by atomic mass is 9.85. The Kier molecular flexibility index (Phi) is 4.05. The van der Waals surface area contributed by atoms with Gasteiger partial charge in [0.15, 0.2) is 0 Å². The third-order valence-electron chi connectivity index (χ3n) is 3.82. The predicted octanol–water partition coefficient (Wildman–Crippen LogP) is 1.65. The lowest BCUT2D eigenvalue weighted by Gasteiger charge is -2.21. The first-order chi connectivity index (χ1) is 8.24. The zero-order valence-electron chi connectivity index (χ0n) is 10.7. The maximum absolute atomic E-state index is 12.0. The quantitative estimate of drug-likeness (QED) is 0.836. The molecular weight excluding hydrogens is 214 g/mol. The lowest BCUT2D eigenvalue weighted by Crippen LogP contribution is -2.16. The molecule has 0 unspecified atom stereocenters. The third-order valence-corrected chi connectivity index (χ3v) is 3.82. The topological polar surface area (TPSA) is 63.8 Å². The van der Waals surface area contributed by atoms with Crippen LogP contribution in [-0.4, -0.2) is 16.3 Å². The Morgan fingerprint density at radius 3 is 2.71 bits per heavy atom. The molecule has 1 aromatic rings. The molecule has 4 nitrogen and oxygen atoms in total. The second kappa shape index (κ2) is 5.54. The number of nitrogens with one attached hydrogen (secondary N) is 1. The molecule has 0 amide bonds. The van der Waals surface area contributed by atoms with Gasteiger partial charge in [-0.05, 0) is 32.2 Å². The summed E-state index contributed by atoms with van der Waals surface area (Å²) in [4.78, 5) is 12.0. The summed E-state index contributed by atoms with van der Waals surface area (Å²) in [6, 6.07) is 0. The van der Waals surface area contributed by atoms with Gasteiger partial charge in [0.2, 0.25) is 0 Å². The van der Waals surface area contributed by atoms with Gasteiger partial charge < -0.3 is 5.73 Å². The molecule has 96 valence electrons. The molecule has 1 saturated carbocycles. The van der Waals surface area contributed by atoms with E-state index < -0.39 is 0 Å². The molecule has 1 fully saturated rings. The molecule has 0 saturated heterocycles. The van der Waals surface area contributed by atoms with Crippen molar-refractivity contribution in [2.24, 2.45) is 12.8 Å². The third kappa shape index (κ3) is 2.63. The molecule has 0 aromatic carbocycles. The largest absolute Gasteiger partial charge is 0.330 e. The summed E-state index contributed by atoms with van der Waals surface area (Å²) >= 11 is 0. The number of hydrogen-bond donors (Lipinski definition) is 2. The van der Waals surface area contributed by atoms with E-state index in [-0.39, 0.29) is 5.56 Å². The number of nitrogens with two attached hydrogens (primary N) is 1. The van der Waals surface area contributed by atoms with Crippen molar-refractivity contribution in [2.75, 3.05) is 6.54 Å².